The van der Waals surface area contributed by atoms with Crippen molar-refractivity contribution in [2.45, 2.75) is 13.2 Å². The highest BCUT2D eigenvalue weighted by atomic mass is 35.5. The molecule has 0 spiro atoms. The summed E-state index contributed by atoms with van der Waals surface area (Å²) in [5.74, 6) is 1.12. The molecule has 0 saturated carbocycles. The summed E-state index contributed by atoms with van der Waals surface area (Å²) >= 11 is 6.07. The van der Waals surface area contributed by atoms with Gasteiger partial charge in [-0.1, -0.05) is 34.9 Å². The van der Waals surface area contributed by atoms with E-state index in [1.165, 1.54) is 10.7 Å². The number of nitrogens with zero attached hydrogens (tertiary/aromatic N) is 4. The average Bonchev–Trinajstić information content (AvgIpc) is 3.04. The fourth-order valence-electron chi connectivity index (χ4n) is 2.39. The van der Waals surface area contributed by atoms with E-state index in [1.54, 1.807) is 32.4 Å². The summed E-state index contributed by atoms with van der Waals surface area (Å²) in [7, 11) is 3.27. The predicted octanol–water partition coefficient (Wildman–Crippen LogP) is 3.20. The number of hydrogen-bond donors (Lipinski definition) is 1. The Hall–Kier alpha value is -2.87. The number of tetrazole rings is 1. The van der Waals surface area contributed by atoms with E-state index in [9.17, 15) is 4.39 Å². The van der Waals surface area contributed by atoms with Gasteiger partial charge in [0.2, 0.25) is 5.95 Å². The van der Waals surface area contributed by atoms with Crippen molar-refractivity contribution in [3.63, 3.8) is 0 Å². The van der Waals surface area contributed by atoms with Crippen LogP contribution >= 0.6 is 11.6 Å². The lowest BCUT2D eigenvalue weighted by Gasteiger charge is -2.16. The highest BCUT2D eigenvalue weighted by Crippen LogP contribution is 2.33. The van der Waals surface area contributed by atoms with Crippen molar-refractivity contribution < 1.29 is 13.9 Å². The van der Waals surface area contributed by atoms with Crippen LogP contribution in [0, 0.1) is 5.82 Å². The fourth-order valence-corrected chi connectivity index (χ4v) is 2.61. The Morgan fingerprint density at radius 3 is 2.73 bits per heavy atom. The number of anilines is 1. The molecule has 0 unspecified atom stereocenters. The van der Waals surface area contributed by atoms with Gasteiger partial charge in [0.15, 0.2) is 11.5 Å². The minimum Gasteiger partial charge on any atom is -0.493 e. The van der Waals surface area contributed by atoms with Crippen LogP contribution in [0.1, 0.15) is 11.1 Å². The van der Waals surface area contributed by atoms with Gasteiger partial charge in [-0.15, -0.1) is 0 Å². The van der Waals surface area contributed by atoms with Gasteiger partial charge in [-0.2, -0.15) is 0 Å². The van der Waals surface area contributed by atoms with Gasteiger partial charge in [0, 0.05) is 24.7 Å². The third-order valence-corrected chi connectivity index (χ3v) is 4.11. The lowest BCUT2D eigenvalue weighted by atomic mass is 10.1. The topological polar surface area (TPSA) is 74.1 Å². The molecule has 9 heteroatoms. The molecule has 2 aromatic carbocycles. The number of para-hydroxylation sites is 1. The van der Waals surface area contributed by atoms with Crippen LogP contribution in [0.4, 0.5) is 10.3 Å². The summed E-state index contributed by atoms with van der Waals surface area (Å²) < 4.78 is 26.7. The van der Waals surface area contributed by atoms with Gasteiger partial charge in [-0.05, 0) is 28.6 Å². The first-order valence-electron chi connectivity index (χ1n) is 7.78. The summed E-state index contributed by atoms with van der Waals surface area (Å²) in [5.41, 5.74) is 1.09. The van der Waals surface area contributed by atoms with E-state index in [0.29, 0.717) is 29.0 Å². The zero-order valence-electron chi connectivity index (χ0n) is 14.2. The number of aryl methyl sites for hydroxylation is 1. The van der Waals surface area contributed by atoms with E-state index < -0.39 is 5.82 Å². The van der Waals surface area contributed by atoms with Crippen molar-refractivity contribution in [3.05, 3.63) is 58.4 Å². The highest BCUT2D eigenvalue weighted by molar-refractivity contribution is 6.31. The molecule has 26 heavy (non-hydrogen) atoms. The number of rotatable bonds is 7. The average molecular weight is 378 g/mol. The van der Waals surface area contributed by atoms with E-state index in [4.69, 9.17) is 21.1 Å². The molecule has 0 aliphatic carbocycles. The summed E-state index contributed by atoms with van der Waals surface area (Å²) in [4.78, 5) is 0. The van der Waals surface area contributed by atoms with Crippen LogP contribution < -0.4 is 14.8 Å². The number of hydrogen-bond acceptors (Lipinski definition) is 6. The second-order valence-corrected chi connectivity index (χ2v) is 5.82. The zero-order chi connectivity index (χ0) is 18.5. The monoisotopic (exact) mass is 377 g/mol. The lowest BCUT2D eigenvalue weighted by Crippen LogP contribution is -2.09. The third kappa shape index (κ3) is 3.85. The fraction of sp³-hybridized carbons (Fsp3) is 0.235. The number of aromatic nitrogens is 4. The molecular formula is C17H17ClFN5O2. The molecule has 0 radical (unpaired) electrons. The molecule has 0 saturated heterocycles. The first kappa shape index (κ1) is 17.9. The standard InChI is InChI=1S/C17H17ClFN5O2/c1-24-17(21-22-23-24)20-9-11-5-3-8-15(25-2)16(11)26-10-12-13(18)6-4-7-14(12)19/h3-8H,9-10H2,1-2H3,(H,20,21,23). The molecule has 0 aliphatic rings. The lowest BCUT2D eigenvalue weighted by molar-refractivity contribution is 0.277. The molecule has 3 aromatic rings. The van der Waals surface area contributed by atoms with Gasteiger partial charge in [0.25, 0.3) is 0 Å². The molecule has 0 atom stereocenters. The summed E-state index contributed by atoms with van der Waals surface area (Å²) in [6.45, 7) is 0.371. The van der Waals surface area contributed by atoms with Gasteiger partial charge >= 0.3 is 0 Å². The van der Waals surface area contributed by atoms with E-state index in [2.05, 4.69) is 20.8 Å². The molecule has 0 bridgehead atoms. The molecule has 0 aliphatic heterocycles. The van der Waals surface area contributed by atoms with E-state index >= 15 is 0 Å². The number of methoxy groups -OCH3 is 1. The molecular weight excluding hydrogens is 361 g/mol. The van der Waals surface area contributed by atoms with Gasteiger partial charge in [-0.3, -0.25) is 0 Å². The smallest absolute Gasteiger partial charge is 0.242 e. The van der Waals surface area contributed by atoms with Crippen LogP contribution in [0.3, 0.4) is 0 Å². The maximum absolute atomic E-state index is 14.0. The Labute approximate surface area is 154 Å². The van der Waals surface area contributed by atoms with Crippen molar-refractivity contribution in [1.82, 2.24) is 20.2 Å². The molecule has 3 rings (SSSR count). The molecule has 7 nitrogen and oxygen atoms in total. The van der Waals surface area contributed by atoms with Crippen LogP contribution in [0.15, 0.2) is 36.4 Å². The molecule has 0 amide bonds. The summed E-state index contributed by atoms with van der Waals surface area (Å²) in [5, 5.41) is 14.6. The molecule has 136 valence electrons. The van der Waals surface area contributed by atoms with Crippen LogP contribution in [-0.4, -0.2) is 27.3 Å². The SMILES string of the molecule is COc1cccc(CNc2nnnn2C)c1OCc1c(F)cccc1Cl. The Morgan fingerprint density at radius 2 is 2.04 bits per heavy atom. The van der Waals surface area contributed by atoms with Crippen molar-refractivity contribution in [2.24, 2.45) is 7.05 Å². The first-order valence-corrected chi connectivity index (χ1v) is 8.15. The third-order valence-electron chi connectivity index (χ3n) is 3.76. The van der Waals surface area contributed by atoms with Gasteiger partial charge in [0.05, 0.1) is 12.1 Å². The van der Waals surface area contributed by atoms with Crippen molar-refractivity contribution in [3.8, 4) is 11.5 Å². The predicted molar refractivity (Wildman–Crippen MR) is 94.9 cm³/mol. The first-order chi connectivity index (χ1) is 12.6. The molecule has 1 N–H and O–H groups in total. The van der Waals surface area contributed by atoms with E-state index in [-0.39, 0.29) is 12.2 Å². The zero-order valence-corrected chi connectivity index (χ0v) is 15.0. The van der Waals surface area contributed by atoms with Gasteiger partial charge in [0.1, 0.15) is 12.4 Å². The Balaban J connectivity index is 1.82. The molecule has 1 heterocycles. The van der Waals surface area contributed by atoms with Gasteiger partial charge < -0.3 is 14.8 Å². The van der Waals surface area contributed by atoms with Crippen LogP contribution in [-0.2, 0) is 20.2 Å². The Kier molecular flexibility index (Phi) is 5.52. The quantitative estimate of drug-likeness (QED) is 0.681. The normalized spacial score (nSPS) is 10.6. The maximum Gasteiger partial charge on any atom is 0.242 e. The maximum atomic E-state index is 14.0. The number of ether oxygens (including phenoxy) is 2. The Bertz CT molecular complexity index is 882. The van der Waals surface area contributed by atoms with Gasteiger partial charge in [-0.25, -0.2) is 9.07 Å². The number of halogens is 2. The van der Waals surface area contributed by atoms with E-state index in [0.717, 1.165) is 5.56 Å². The largest absolute Gasteiger partial charge is 0.493 e. The second kappa shape index (κ2) is 8.01. The second-order valence-electron chi connectivity index (χ2n) is 5.42. The van der Waals surface area contributed by atoms with Crippen LogP contribution in [0.5, 0.6) is 11.5 Å². The summed E-state index contributed by atoms with van der Waals surface area (Å²) in [6.07, 6.45) is 0. The highest BCUT2D eigenvalue weighted by Gasteiger charge is 2.14. The number of benzene rings is 2. The molecule has 1 aromatic heterocycles. The van der Waals surface area contributed by atoms with Crippen LogP contribution in [0.2, 0.25) is 5.02 Å². The van der Waals surface area contributed by atoms with Crippen molar-refractivity contribution in [1.29, 1.82) is 0 Å². The number of nitrogens with one attached hydrogen (secondary N) is 1. The van der Waals surface area contributed by atoms with E-state index in [1.807, 2.05) is 12.1 Å². The minimum absolute atomic E-state index is 0.0234. The minimum atomic E-state index is -0.419. The van der Waals surface area contributed by atoms with Crippen LogP contribution in [0.25, 0.3) is 0 Å². The van der Waals surface area contributed by atoms with Crippen molar-refractivity contribution in [2.75, 3.05) is 12.4 Å². The van der Waals surface area contributed by atoms with Crippen molar-refractivity contribution >= 4 is 17.5 Å². The Morgan fingerprint density at radius 1 is 1.23 bits per heavy atom. The summed E-state index contributed by atoms with van der Waals surface area (Å²) in [6, 6.07) is 10.00. The molecule has 0 fully saturated rings.